The molecule has 0 N–H and O–H groups in total. The number of aryl methyl sites for hydroxylation is 1. The van der Waals surface area contributed by atoms with Crippen LogP contribution in [0, 0.1) is 11.3 Å². The molecule has 5 heteroatoms. The Kier molecular flexibility index (Phi) is 3.35. The maximum Gasteiger partial charge on any atom is 0.269 e. The van der Waals surface area contributed by atoms with Crippen molar-refractivity contribution in [3.05, 3.63) is 32.7 Å². The Morgan fingerprint density at radius 1 is 1.54 bits per heavy atom. The summed E-state index contributed by atoms with van der Waals surface area (Å²) in [4.78, 5) is 11.3. The van der Waals surface area contributed by atoms with Crippen molar-refractivity contribution in [2.75, 3.05) is 0 Å². The van der Waals surface area contributed by atoms with E-state index in [9.17, 15) is 4.79 Å². The van der Waals surface area contributed by atoms with E-state index in [1.165, 1.54) is 16.8 Å². The molecule has 0 radical (unpaired) electrons. The molecule has 1 aromatic rings. The minimum atomic E-state index is -0.318. The van der Waals surface area contributed by atoms with Crippen LogP contribution in [0.1, 0.15) is 6.42 Å². The number of nitriles is 1. The van der Waals surface area contributed by atoms with Crippen molar-refractivity contribution in [3.63, 3.8) is 0 Å². The van der Waals surface area contributed by atoms with Gasteiger partial charge in [-0.2, -0.15) is 5.26 Å². The van der Waals surface area contributed by atoms with E-state index in [0.29, 0.717) is 11.6 Å². The van der Waals surface area contributed by atoms with Gasteiger partial charge in [-0.25, -0.2) is 0 Å². The van der Waals surface area contributed by atoms with Gasteiger partial charge in [0.1, 0.15) is 5.02 Å². The summed E-state index contributed by atoms with van der Waals surface area (Å²) in [6, 6.07) is 3.32. The Morgan fingerprint density at radius 2 is 2.23 bits per heavy atom. The molecule has 1 heterocycles. The average molecular weight is 217 g/mol. The molecule has 0 atom stereocenters. The maximum absolute atomic E-state index is 11.3. The monoisotopic (exact) mass is 216 g/mol. The third kappa shape index (κ3) is 2.48. The van der Waals surface area contributed by atoms with Crippen molar-refractivity contribution in [1.82, 2.24) is 4.57 Å². The first kappa shape index (κ1) is 10.1. The average Bonchev–Trinajstić information content (AvgIpc) is 2.09. The topological polar surface area (TPSA) is 45.8 Å². The molecule has 68 valence electrons. The van der Waals surface area contributed by atoms with Crippen molar-refractivity contribution in [3.8, 4) is 6.07 Å². The number of rotatable bonds is 2. The molecule has 0 saturated heterocycles. The van der Waals surface area contributed by atoms with Gasteiger partial charge in [0.15, 0.2) is 0 Å². The summed E-state index contributed by atoms with van der Waals surface area (Å²) >= 11 is 11.3. The van der Waals surface area contributed by atoms with Crippen LogP contribution in [0.3, 0.4) is 0 Å². The first-order valence-corrected chi connectivity index (χ1v) is 4.33. The molecule has 0 bridgehead atoms. The largest absolute Gasteiger partial charge is 0.312 e. The van der Waals surface area contributed by atoms with Crippen LogP contribution in [-0.4, -0.2) is 4.57 Å². The standard InChI is InChI=1S/C8H6Cl2N2O/c9-6-4-7(10)8(13)12(5-6)3-1-2-11/h4-5H,1,3H2. The number of hydrogen-bond donors (Lipinski definition) is 0. The third-order valence-corrected chi connectivity index (χ3v) is 1.95. The summed E-state index contributed by atoms with van der Waals surface area (Å²) in [5.41, 5.74) is -0.318. The second-order valence-electron chi connectivity index (χ2n) is 2.41. The smallest absolute Gasteiger partial charge is 0.269 e. The Hall–Kier alpha value is -0.980. The van der Waals surface area contributed by atoms with Gasteiger partial charge < -0.3 is 4.57 Å². The Morgan fingerprint density at radius 3 is 2.85 bits per heavy atom. The van der Waals surface area contributed by atoms with Crippen molar-refractivity contribution >= 4 is 23.2 Å². The molecular weight excluding hydrogens is 211 g/mol. The molecule has 0 aliphatic heterocycles. The van der Waals surface area contributed by atoms with E-state index >= 15 is 0 Å². The lowest BCUT2D eigenvalue weighted by molar-refractivity contribution is 0.686. The second kappa shape index (κ2) is 4.31. The zero-order valence-electron chi connectivity index (χ0n) is 6.63. The Bertz CT molecular complexity index is 406. The number of halogens is 2. The van der Waals surface area contributed by atoms with E-state index in [-0.39, 0.29) is 17.0 Å². The van der Waals surface area contributed by atoms with Crippen LogP contribution >= 0.6 is 23.2 Å². The lowest BCUT2D eigenvalue weighted by Gasteiger charge is -2.03. The predicted octanol–water partition coefficient (Wildman–Crippen LogP) is 2.07. The van der Waals surface area contributed by atoms with Crippen LogP contribution in [-0.2, 0) is 6.54 Å². The molecule has 0 spiro atoms. The first-order chi connectivity index (χ1) is 6.15. The predicted molar refractivity (Wildman–Crippen MR) is 51.0 cm³/mol. The van der Waals surface area contributed by atoms with E-state index in [2.05, 4.69) is 0 Å². The first-order valence-electron chi connectivity index (χ1n) is 3.57. The quantitative estimate of drug-likeness (QED) is 0.761. The minimum absolute atomic E-state index is 0.0745. The second-order valence-corrected chi connectivity index (χ2v) is 3.26. The molecular formula is C8H6Cl2N2O. The number of hydrogen-bond acceptors (Lipinski definition) is 2. The molecule has 0 aliphatic rings. The van der Waals surface area contributed by atoms with Crippen LogP contribution in [0.15, 0.2) is 17.1 Å². The highest BCUT2D eigenvalue weighted by Gasteiger charge is 2.02. The van der Waals surface area contributed by atoms with Gasteiger partial charge in [0.2, 0.25) is 0 Å². The zero-order chi connectivity index (χ0) is 9.84. The molecule has 1 rings (SSSR count). The molecule has 13 heavy (non-hydrogen) atoms. The van der Waals surface area contributed by atoms with Crippen molar-refractivity contribution in [2.24, 2.45) is 0 Å². The number of aromatic nitrogens is 1. The van der Waals surface area contributed by atoms with Crippen molar-refractivity contribution < 1.29 is 0 Å². The van der Waals surface area contributed by atoms with E-state index in [1.807, 2.05) is 6.07 Å². The molecule has 0 aliphatic carbocycles. The Labute approximate surface area is 85.1 Å². The van der Waals surface area contributed by atoms with Gasteiger partial charge in [-0.15, -0.1) is 0 Å². The normalized spacial score (nSPS) is 9.62. The maximum atomic E-state index is 11.3. The van der Waals surface area contributed by atoms with Gasteiger partial charge in [-0.3, -0.25) is 4.79 Å². The van der Waals surface area contributed by atoms with Crippen LogP contribution in [0.4, 0.5) is 0 Å². The molecule has 0 amide bonds. The summed E-state index contributed by atoms with van der Waals surface area (Å²) in [5.74, 6) is 0. The molecule has 0 saturated carbocycles. The minimum Gasteiger partial charge on any atom is -0.312 e. The summed E-state index contributed by atoms with van der Waals surface area (Å²) in [7, 11) is 0. The molecule has 3 nitrogen and oxygen atoms in total. The number of pyridine rings is 1. The van der Waals surface area contributed by atoms with Gasteiger partial charge in [0.25, 0.3) is 5.56 Å². The van der Waals surface area contributed by atoms with Crippen molar-refractivity contribution in [2.45, 2.75) is 13.0 Å². The van der Waals surface area contributed by atoms with Crippen molar-refractivity contribution in [1.29, 1.82) is 5.26 Å². The molecule has 0 unspecified atom stereocenters. The van der Waals surface area contributed by atoms with Crippen LogP contribution < -0.4 is 5.56 Å². The van der Waals surface area contributed by atoms with Crippen LogP contribution in [0.25, 0.3) is 0 Å². The van der Waals surface area contributed by atoms with E-state index in [0.717, 1.165) is 0 Å². The summed E-state index contributed by atoms with van der Waals surface area (Å²) in [6.45, 7) is 0.315. The molecule has 0 fully saturated rings. The summed E-state index contributed by atoms with van der Waals surface area (Å²) in [5, 5.41) is 8.79. The third-order valence-electron chi connectivity index (χ3n) is 1.47. The van der Waals surface area contributed by atoms with E-state index < -0.39 is 0 Å². The van der Waals surface area contributed by atoms with Crippen LogP contribution in [0.5, 0.6) is 0 Å². The summed E-state index contributed by atoms with van der Waals surface area (Å²) in [6.07, 6.45) is 1.73. The highest BCUT2D eigenvalue weighted by atomic mass is 35.5. The fraction of sp³-hybridized carbons (Fsp3) is 0.250. The SMILES string of the molecule is N#CCCn1cc(Cl)cc(Cl)c1=O. The zero-order valence-corrected chi connectivity index (χ0v) is 8.14. The highest BCUT2D eigenvalue weighted by molar-refractivity contribution is 6.34. The van der Waals surface area contributed by atoms with E-state index in [1.54, 1.807) is 0 Å². The molecule has 0 aromatic carbocycles. The van der Waals surface area contributed by atoms with Gasteiger partial charge in [-0.1, -0.05) is 23.2 Å². The number of nitrogens with zero attached hydrogens (tertiary/aromatic N) is 2. The van der Waals surface area contributed by atoms with Gasteiger partial charge in [0, 0.05) is 12.7 Å². The fourth-order valence-corrected chi connectivity index (χ4v) is 1.41. The molecule has 1 aromatic heterocycles. The Balaban J connectivity index is 3.07. The van der Waals surface area contributed by atoms with Crippen LogP contribution in [0.2, 0.25) is 10.0 Å². The fourth-order valence-electron chi connectivity index (χ4n) is 0.901. The summed E-state index contributed by atoms with van der Waals surface area (Å²) < 4.78 is 1.33. The van der Waals surface area contributed by atoms with E-state index in [4.69, 9.17) is 28.5 Å². The highest BCUT2D eigenvalue weighted by Crippen LogP contribution is 2.11. The lowest BCUT2D eigenvalue weighted by atomic mass is 10.4. The van der Waals surface area contributed by atoms with Gasteiger partial charge in [-0.05, 0) is 6.07 Å². The lowest BCUT2D eigenvalue weighted by Crippen LogP contribution is -2.19. The van der Waals surface area contributed by atoms with Gasteiger partial charge in [0.05, 0.1) is 17.5 Å². The van der Waals surface area contributed by atoms with Gasteiger partial charge >= 0.3 is 0 Å².